The fourth-order valence-corrected chi connectivity index (χ4v) is 4.64. The molecule has 2 fully saturated rings. The summed E-state index contributed by atoms with van der Waals surface area (Å²) in [6.45, 7) is 5.41. The number of nitrogens with one attached hydrogen (secondary N) is 1. The monoisotopic (exact) mass is 393 g/mol. The van der Waals surface area contributed by atoms with Crippen molar-refractivity contribution in [1.29, 1.82) is 0 Å². The van der Waals surface area contributed by atoms with Gasteiger partial charge in [-0.3, -0.25) is 9.52 Å². The number of piperidine rings is 1. The zero-order valence-corrected chi connectivity index (χ0v) is 17.0. The quantitative estimate of drug-likeness (QED) is 0.700. The van der Waals surface area contributed by atoms with E-state index in [1.165, 1.54) is 19.3 Å². The predicted octanol–water partition coefficient (Wildman–Crippen LogP) is 3.07. The maximum absolute atomic E-state index is 12.5. The largest absolute Gasteiger partial charge is 0.372 e. The summed E-state index contributed by atoms with van der Waals surface area (Å²) in [6, 6.07) is 7.45. The lowest BCUT2D eigenvalue weighted by Crippen LogP contribution is -2.39. The molecular formula is C20H31N3O3S. The molecule has 1 aromatic rings. The Morgan fingerprint density at radius 3 is 2.41 bits per heavy atom. The van der Waals surface area contributed by atoms with Crippen LogP contribution < -0.4 is 9.62 Å². The van der Waals surface area contributed by atoms with Crippen molar-refractivity contribution in [2.45, 2.75) is 45.4 Å². The molecule has 27 heavy (non-hydrogen) atoms. The molecule has 0 atom stereocenters. The molecule has 7 heteroatoms. The van der Waals surface area contributed by atoms with Crippen LogP contribution in [0.3, 0.4) is 0 Å². The average Bonchev–Trinajstić information content (AvgIpc) is 3.46. The molecule has 1 N–H and O–H groups in total. The highest BCUT2D eigenvalue weighted by Crippen LogP contribution is 2.30. The van der Waals surface area contributed by atoms with Gasteiger partial charge in [0.05, 0.1) is 0 Å². The molecule has 1 aliphatic heterocycles. The van der Waals surface area contributed by atoms with Gasteiger partial charge in [0, 0.05) is 37.6 Å². The summed E-state index contributed by atoms with van der Waals surface area (Å²) in [7, 11) is -3.71. The van der Waals surface area contributed by atoms with E-state index in [1.54, 1.807) is 17.0 Å². The fourth-order valence-electron chi connectivity index (χ4n) is 3.56. The van der Waals surface area contributed by atoms with Crippen LogP contribution >= 0.6 is 0 Å². The van der Waals surface area contributed by atoms with Gasteiger partial charge in [-0.05, 0) is 68.7 Å². The highest BCUT2D eigenvalue weighted by Gasteiger charge is 2.28. The van der Waals surface area contributed by atoms with Crippen LogP contribution in [-0.2, 0) is 14.8 Å². The summed E-state index contributed by atoms with van der Waals surface area (Å²) in [5, 5.41) is 0. The van der Waals surface area contributed by atoms with Gasteiger partial charge in [0.25, 0.3) is 0 Å². The van der Waals surface area contributed by atoms with Crippen LogP contribution in [0.15, 0.2) is 24.3 Å². The third kappa shape index (κ3) is 6.13. The van der Waals surface area contributed by atoms with Crippen LogP contribution in [-0.4, -0.2) is 51.2 Å². The van der Waals surface area contributed by atoms with Gasteiger partial charge in [-0.25, -0.2) is 8.42 Å². The molecule has 0 aromatic heterocycles. The van der Waals surface area contributed by atoms with Crippen LogP contribution in [0.25, 0.3) is 0 Å². The number of benzene rings is 1. The number of anilines is 2. The fraction of sp³-hybridized carbons (Fsp3) is 0.650. The van der Waals surface area contributed by atoms with E-state index in [-0.39, 0.29) is 5.91 Å². The molecule has 3 rings (SSSR count). The van der Waals surface area contributed by atoms with Gasteiger partial charge in [-0.15, -0.1) is 0 Å². The molecule has 0 radical (unpaired) electrons. The van der Waals surface area contributed by atoms with Crippen LogP contribution in [0.2, 0.25) is 0 Å². The van der Waals surface area contributed by atoms with Crippen molar-refractivity contribution in [3.8, 4) is 0 Å². The Hall–Kier alpha value is -1.76. The number of hydrogen-bond donors (Lipinski definition) is 1. The topological polar surface area (TPSA) is 69.7 Å². The minimum atomic E-state index is -3.71. The van der Waals surface area contributed by atoms with E-state index in [9.17, 15) is 13.2 Å². The smallest absolute Gasteiger partial charge is 0.241 e. The molecule has 6 nitrogen and oxygen atoms in total. The standard InChI is InChI=1S/C20H31N3O3S/c1-2-12-23(15-17-6-7-17)20(24)16-27(25,26)21-18-8-10-19(11-9-18)22-13-4-3-5-14-22/h8-11,17,21H,2-7,12-16H2,1H3. The zero-order valence-electron chi connectivity index (χ0n) is 16.2. The normalized spacial score (nSPS) is 17.6. The minimum absolute atomic E-state index is 0.304. The van der Waals surface area contributed by atoms with Gasteiger partial charge in [-0.2, -0.15) is 0 Å². The highest BCUT2D eigenvalue weighted by atomic mass is 32.2. The Kier molecular flexibility index (Phi) is 6.63. The number of hydrogen-bond acceptors (Lipinski definition) is 4. The highest BCUT2D eigenvalue weighted by molar-refractivity contribution is 7.93. The molecule has 1 aliphatic carbocycles. The molecule has 0 unspecified atom stereocenters. The number of sulfonamides is 1. The van der Waals surface area contributed by atoms with Crippen molar-refractivity contribution < 1.29 is 13.2 Å². The molecular weight excluding hydrogens is 362 g/mol. The first-order valence-electron chi connectivity index (χ1n) is 10.1. The number of amides is 1. The van der Waals surface area contributed by atoms with Crippen LogP contribution in [0, 0.1) is 5.92 Å². The Bertz CT molecular complexity index is 723. The van der Waals surface area contributed by atoms with Crippen LogP contribution in [0.4, 0.5) is 11.4 Å². The van der Waals surface area contributed by atoms with Crippen molar-refractivity contribution in [3.05, 3.63) is 24.3 Å². The van der Waals surface area contributed by atoms with E-state index in [2.05, 4.69) is 9.62 Å². The molecule has 1 aromatic carbocycles. The van der Waals surface area contributed by atoms with E-state index in [1.807, 2.05) is 19.1 Å². The van der Waals surface area contributed by atoms with Crippen LogP contribution in [0.1, 0.15) is 45.4 Å². The maximum atomic E-state index is 12.5. The second kappa shape index (κ2) is 8.95. The Balaban J connectivity index is 1.57. The zero-order chi connectivity index (χ0) is 19.3. The van der Waals surface area contributed by atoms with E-state index in [0.717, 1.165) is 38.0 Å². The first kappa shape index (κ1) is 20.0. The Labute approximate surface area is 163 Å². The summed E-state index contributed by atoms with van der Waals surface area (Å²) in [5.74, 6) is -0.243. The molecule has 2 aliphatic rings. The molecule has 1 heterocycles. The molecule has 1 saturated carbocycles. The lowest BCUT2D eigenvalue weighted by Gasteiger charge is -2.28. The van der Waals surface area contributed by atoms with E-state index < -0.39 is 15.8 Å². The minimum Gasteiger partial charge on any atom is -0.372 e. The summed E-state index contributed by atoms with van der Waals surface area (Å²) >= 11 is 0. The van der Waals surface area contributed by atoms with Crippen molar-refractivity contribution in [3.63, 3.8) is 0 Å². The first-order valence-corrected chi connectivity index (χ1v) is 11.8. The number of rotatable bonds is 9. The van der Waals surface area contributed by atoms with Crippen molar-refractivity contribution in [2.75, 3.05) is 41.6 Å². The number of carbonyl (C=O) groups is 1. The maximum Gasteiger partial charge on any atom is 0.241 e. The first-order chi connectivity index (χ1) is 13.0. The second-order valence-corrected chi connectivity index (χ2v) is 9.46. The number of carbonyl (C=O) groups excluding carboxylic acids is 1. The SMILES string of the molecule is CCCN(CC1CC1)C(=O)CS(=O)(=O)Nc1ccc(N2CCCCC2)cc1. The molecule has 0 bridgehead atoms. The lowest BCUT2D eigenvalue weighted by atomic mass is 10.1. The molecule has 1 amide bonds. The predicted molar refractivity (Wildman–Crippen MR) is 110 cm³/mol. The van der Waals surface area contributed by atoms with Crippen molar-refractivity contribution in [1.82, 2.24) is 4.90 Å². The summed E-state index contributed by atoms with van der Waals surface area (Å²) in [5.41, 5.74) is 1.63. The van der Waals surface area contributed by atoms with E-state index >= 15 is 0 Å². The van der Waals surface area contributed by atoms with Gasteiger partial charge < -0.3 is 9.80 Å². The summed E-state index contributed by atoms with van der Waals surface area (Å²) in [4.78, 5) is 16.5. The van der Waals surface area contributed by atoms with Crippen LogP contribution in [0.5, 0.6) is 0 Å². The lowest BCUT2D eigenvalue weighted by molar-refractivity contribution is -0.128. The van der Waals surface area contributed by atoms with Gasteiger partial charge >= 0.3 is 0 Å². The van der Waals surface area contributed by atoms with Gasteiger partial charge in [0.15, 0.2) is 0 Å². The summed E-state index contributed by atoms with van der Waals surface area (Å²) in [6.07, 6.45) is 6.79. The second-order valence-electron chi connectivity index (χ2n) is 7.74. The van der Waals surface area contributed by atoms with Crippen molar-refractivity contribution >= 4 is 27.3 Å². The Morgan fingerprint density at radius 2 is 1.81 bits per heavy atom. The van der Waals surface area contributed by atoms with Gasteiger partial charge in [-0.1, -0.05) is 6.92 Å². The third-order valence-electron chi connectivity index (χ3n) is 5.20. The van der Waals surface area contributed by atoms with Gasteiger partial charge in [0.1, 0.15) is 5.75 Å². The Morgan fingerprint density at radius 1 is 1.15 bits per heavy atom. The molecule has 1 saturated heterocycles. The molecule has 0 spiro atoms. The average molecular weight is 394 g/mol. The number of nitrogens with zero attached hydrogens (tertiary/aromatic N) is 2. The van der Waals surface area contributed by atoms with Crippen molar-refractivity contribution in [2.24, 2.45) is 5.92 Å². The summed E-state index contributed by atoms with van der Waals surface area (Å²) < 4.78 is 27.4. The van der Waals surface area contributed by atoms with E-state index in [4.69, 9.17) is 0 Å². The van der Waals surface area contributed by atoms with Gasteiger partial charge in [0.2, 0.25) is 15.9 Å². The third-order valence-corrected chi connectivity index (χ3v) is 6.37. The van der Waals surface area contributed by atoms with E-state index in [0.29, 0.717) is 24.7 Å². The molecule has 150 valence electrons.